The van der Waals surface area contributed by atoms with Crippen LogP contribution in [-0.2, 0) is 0 Å². The third-order valence-electron chi connectivity index (χ3n) is 6.83. The molecule has 2 N–H and O–H groups in total. The summed E-state index contributed by atoms with van der Waals surface area (Å²) in [4.78, 5) is 0. The van der Waals surface area contributed by atoms with Crippen LogP contribution in [0.5, 0.6) is 0 Å². The van der Waals surface area contributed by atoms with Crippen molar-refractivity contribution in [2.45, 2.75) is 38.1 Å². The van der Waals surface area contributed by atoms with E-state index in [9.17, 15) is 0 Å². The summed E-state index contributed by atoms with van der Waals surface area (Å²) in [5.41, 5.74) is 8.22. The second-order valence-electron chi connectivity index (χ2n) is 7.11. The highest BCUT2D eigenvalue weighted by Crippen LogP contribution is 2.69. The Labute approximate surface area is 97.5 Å². The second kappa shape index (κ2) is 2.58. The zero-order valence-electron chi connectivity index (χ0n) is 9.81. The molecule has 0 heterocycles. The van der Waals surface area contributed by atoms with Gasteiger partial charge in [0.05, 0.1) is 0 Å². The lowest BCUT2D eigenvalue weighted by Crippen LogP contribution is -2.42. The largest absolute Gasteiger partial charge is 0.327 e. The summed E-state index contributed by atoms with van der Waals surface area (Å²) in [7, 11) is 0. The fourth-order valence-electron chi connectivity index (χ4n) is 6.56. The van der Waals surface area contributed by atoms with Crippen molar-refractivity contribution in [2.24, 2.45) is 47.2 Å². The van der Waals surface area contributed by atoms with E-state index in [2.05, 4.69) is 6.08 Å². The first-order valence-corrected chi connectivity index (χ1v) is 7.32. The zero-order valence-corrected chi connectivity index (χ0v) is 9.81. The smallest absolute Gasteiger partial charge is 0.00758 e. The fourth-order valence-corrected chi connectivity index (χ4v) is 6.56. The Hall–Kier alpha value is -0.300. The monoisotopic (exact) mass is 215 g/mol. The summed E-state index contributed by atoms with van der Waals surface area (Å²) in [6.45, 7) is 0. The van der Waals surface area contributed by atoms with Gasteiger partial charge in [0.15, 0.2) is 0 Å². The highest BCUT2D eigenvalue weighted by molar-refractivity contribution is 5.35. The van der Waals surface area contributed by atoms with Crippen molar-refractivity contribution in [3.05, 3.63) is 11.6 Å². The van der Waals surface area contributed by atoms with Crippen LogP contribution in [0.15, 0.2) is 11.6 Å². The summed E-state index contributed by atoms with van der Waals surface area (Å²) < 4.78 is 0. The van der Waals surface area contributed by atoms with E-state index in [1.165, 1.54) is 32.1 Å². The quantitative estimate of drug-likeness (QED) is 0.618. The van der Waals surface area contributed by atoms with E-state index in [0.717, 1.165) is 41.4 Å². The van der Waals surface area contributed by atoms with Crippen LogP contribution in [0.2, 0.25) is 0 Å². The van der Waals surface area contributed by atoms with E-state index >= 15 is 0 Å². The molecule has 5 aliphatic rings. The Kier molecular flexibility index (Phi) is 1.41. The van der Waals surface area contributed by atoms with Crippen molar-refractivity contribution < 1.29 is 0 Å². The third-order valence-corrected chi connectivity index (χ3v) is 6.83. The zero-order chi connectivity index (χ0) is 10.4. The van der Waals surface area contributed by atoms with E-state index in [1.807, 2.05) is 5.57 Å². The molecular weight excluding hydrogens is 194 g/mol. The van der Waals surface area contributed by atoms with Gasteiger partial charge in [0.1, 0.15) is 0 Å². The number of nitrogens with two attached hydrogens (primary N) is 1. The molecule has 0 aromatic carbocycles. The van der Waals surface area contributed by atoms with Gasteiger partial charge in [-0.1, -0.05) is 18.1 Å². The van der Waals surface area contributed by atoms with Crippen molar-refractivity contribution in [1.82, 2.24) is 0 Å². The third kappa shape index (κ3) is 0.766. The van der Waals surface area contributed by atoms with Gasteiger partial charge in [-0.25, -0.2) is 0 Å². The molecule has 8 unspecified atom stereocenters. The van der Waals surface area contributed by atoms with Crippen LogP contribution < -0.4 is 5.73 Å². The van der Waals surface area contributed by atoms with Crippen molar-refractivity contribution >= 4 is 0 Å². The normalized spacial score (nSPS) is 64.9. The highest BCUT2D eigenvalue weighted by atomic mass is 14.8. The topological polar surface area (TPSA) is 26.0 Å². The molecule has 0 radical (unpaired) electrons. The maximum atomic E-state index is 6.32. The Bertz CT molecular complexity index is 385. The van der Waals surface area contributed by atoms with Gasteiger partial charge in [-0.05, 0) is 67.1 Å². The van der Waals surface area contributed by atoms with Crippen molar-refractivity contribution in [3.8, 4) is 0 Å². The predicted octanol–water partition coefficient (Wildman–Crippen LogP) is 2.57. The molecule has 5 aliphatic carbocycles. The van der Waals surface area contributed by atoms with Crippen LogP contribution in [0.1, 0.15) is 32.1 Å². The number of fused-ring (bicyclic) bond motifs is 11. The van der Waals surface area contributed by atoms with Crippen LogP contribution in [0.25, 0.3) is 0 Å². The summed E-state index contributed by atoms with van der Waals surface area (Å²) in [6.07, 6.45) is 10.1. The van der Waals surface area contributed by atoms with E-state index in [4.69, 9.17) is 5.73 Å². The molecule has 3 saturated carbocycles. The van der Waals surface area contributed by atoms with Gasteiger partial charge in [-0.3, -0.25) is 0 Å². The maximum Gasteiger partial charge on any atom is 0.00758 e. The van der Waals surface area contributed by atoms with Crippen LogP contribution in [0, 0.1) is 41.4 Å². The molecule has 0 saturated heterocycles. The minimum Gasteiger partial charge on any atom is -0.327 e. The van der Waals surface area contributed by atoms with Crippen LogP contribution >= 0.6 is 0 Å². The molecule has 0 spiro atoms. The first-order chi connectivity index (χ1) is 7.84. The molecule has 0 aromatic rings. The molecule has 1 heteroatoms. The molecule has 0 amide bonds. The average Bonchev–Trinajstić information content (AvgIpc) is 2.99. The van der Waals surface area contributed by atoms with E-state index < -0.39 is 0 Å². The molecule has 0 aliphatic heterocycles. The van der Waals surface area contributed by atoms with Crippen molar-refractivity contribution in [2.75, 3.05) is 0 Å². The van der Waals surface area contributed by atoms with Crippen LogP contribution in [-0.4, -0.2) is 6.04 Å². The lowest BCUT2D eigenvalue weighted by molar-refractivity contribution is 0.117. The summed E-state index contributed by atoms with van der Waals surface area (Å²) in [6, 6.07) is 0.548. The molecule has 86 valence electrons. The Morgan fingerprint density at radius 3 is 3.00 bits per heavy atom. The molecule has 1 nitrogen and oxygen atoms in total. The molecule has 16 heavy (non-hydrogen) atoms. The standard InChI is InChI=1S/C15H21N/c16-13-5-7-4-12(13)15-11-6-10(14(7)15)8-2-1-3-9(8)11/h6-10,12-15H,1-5,16H2. The number of hydrogen-bond donors (Lipinski definition) is 1. The maximum absolute atomic E-state index is 6.32. The van der Waals surface area contributed by atoms with Gasteiger partial charge in [0, 0.05) is 6.04 Å². The van der Waals surface area contributed by atoms with Gasteiger partial charge in [-0.15, -0.1) is 0 Å². The Morgan fingerprint density at radius 1 is 1.12 bits per heavy atom. The molecule has 5 rings (SSSR count). The summed E-state index contributed by atoms with van der Waals surface area (Å²) >= 11 is 0. The van der Waals surface area contributed by atoms with Gasteiger partial charge < -0.3 is 5.73 Å². The highest BCUT2D eigenvalue weighted by Gasteiger charge is 2.63. The average molecular weight is 215 g/mol. The van der Waals surface area contributed by atoms with Gasteiger partial charge >= 0.3 is 0 Å². The fraction of sp³-hybridized carbons (Fsp3) is 0.867. The molecule has 0 aromatic heterocycles. The number of rotatable bonds is 0. The predicted molar refractivity (Wildman–Crippen MR) is 63.6 cm³/mol. The van der Waals surface area contributed by atoms with E-state index in [1.54, 1.807) is 0 Å². The summed E-state index contributed by atoms with van der Waals surface area (Å²) in [5, 5.41) is 0. The van der Waals surface area contributed by atoms with Gasteiger partial charge in [0.2, 0.25) is 0 Å². The summed E-state index contributed by atoms with van der Waals surface area (Å²) in [5.74, 6) is 6.98. The van der Waals surface area contributed by atoms with Crippen molar-refractivity contribution in [3.63, 3.8) is 0 Å². The molecule has 8 atom stereocenters. The van der Waals surface area contributed by atoms with Gasteiger partial charge in [0.25, 0.3) is 0 Å². The molecule has 4 bridgehead atoms. The second-order valence-corrected chi connectivity index (χ2v) is 7.11. The van der Waals surface area contributed by atoms with Crippen LogP contribution in [0.4, 0.5) is 0 Å². The van der Waals surface area contributed by atoms with E-state index in [-0.39, 0.29) is 0 Å². The lowest BCUT2D eigenvalue weighted by Gasteiger charge is -2.42. The Morgan fingerprint density at radius 2 is 2.06 bits per heavy atom. The van der Waals surface area contributed by atoms with E-state index in [0.29, 0.717) is 6.04 Å². The lowest BCUT2D eigenvalue weighted by atomic mass is 9.63. The minimum absolute atomic E-state index is 0.548. The molecular formula is C15H21N. The minimum atomic E-state index is 0.548. The number of allylic oxidation sites excluding steroid dienone is 2. The number of hydrogen-bond acceptors (Lipinski definition) is 1. The first-order valence-electron chi connectivity index (χ1n) is 7.32. The Balaban J connectivity index is 1.59. The molecule has 3 fully saturated rings. The SMILES string of the molecule is NC1CC2CC1C1C3=CC(C4CCCC34)C21. The first kappa shape index (κ1) is 8.74. The van der Waals surface area contributed by atoms with Crippen molar-refractivity contribution in [1.29, 1.82) is 0 Å². The van der Waals surface area contributed by atoms with Crippen LogP contribution in [0.3, 0.4) is 0 Å². The van der Waals surface area contributed by atoms with Gasteiger partial charge in [-0.2, -0.15) is 0 Å².